The molecule has 1 aromatic rings. The highest BCUT2D eigenvalue weighted by Gasteiger charge is 2.36. The number of fused-ring (bicyclic) bond motifs is 1. The van der Waals surface area contributed by atoms with Crippen LogP contribution in [-0.4, -0.2) is 29.0 Å². The van der Waals surface area contributed by atoms with Crippen molar-refractivity contribution in [3.8, 4) is 0 Å². The Kier molecular flexibility index (Phi) is 4.21. The zero-order valence-electron chi connectivity index (χ0n) is 13.1. The van der Waals surface area contributed by atoms with E-state index in [0.29, 0.717) is 12.0 Å². The van der Waals surface area contributed by atoms with E-state index in [2.05, 4.69) is 0 Å². The minimum absolute atomic E-state index is 0.137. The van der Waals surface area contributed by atoms with Gasteiger partial charge < -0.3 is 9.47 Å². The molecule has 0 radical (unpaired) electrons. The highest BCUT2D eigenvalue weighted by atomic mass is 16.6. The van der Waals surface area contributed by atoms with Crippen molar-refractivity contribution in [1.29, 1.82) is 0 Å². The maximum Gasteiger partial charge on any atom is 0.417 e. The highest BCUT2D eigenvalue weighted by molar-refractivity contribution is 6.07. The van der Waals surface area contributed by atoms with Crippen LogP contribution in [0.4, 0.5) is 4.79 Å². The molecule has 118 valence electrons. The summed E-state index contributed by atoms with van der Waals surface area (Å²) in [6.07, 6.45) is -0.654. The molecular weight excluding hydrogens is 286 g/mol. The Morgan fingerprint density at radius 3 is 2.64 bits per heavy atom. The van der Waals surface area contributed by atoms with Gasteiger partial charge >= 0.3 is 6.09 Å². The number of carbonyl (C=O) groups excluding carboxylic acids is 3. The van der Waals surface area contributed by atoms with Crippen LogP contribution in [0.25, 0.3) is 0 Å². The molecule has 0 saturated heterocycles. The molecule has 0 bridgehead atoms. The summed E-state index contributed by atoms with van der Waals surface area (Å²) >= 11 is 0. The predicted octanol–water partition coefficient (Wildman–Crippen LogP) is 2.56. The Labute approximate surface area is 129 Å². The molecule has 2 amide bonds. The number of aryl methyl sites for hydroxylation is 1. The summed E-state index contributed by atoms with van der Waals surface area (Å²) in [5, 5.41) is 0. The summed E-state index contributed by atoms with van der Waals surface area (Å²) in [5.41, 5.74) is 2.12. The van der Waals surface area contributed by atoms with Gasteiger partial charge in [-0.3, -0.25) is 9.59 Å². The molecule has 0 aromatic heterocycles. The van der Waals surface area contributed by atoms with Crippen molar-refractivity contribution in [1.82, 2.24) is 4.90 Å². The molecule has 0 atom stereocenters. The zero-order valence-corrected chi connectivity index (χ0v) is 13.1. The molecule has 0 spiro atoms. The van der Waals surface area contributed by atoms with Gasteiger partial charge in [0, 0.05) is 5.56 Å². The van der Waals surface area contributed by atoms with E-state index in [9.17, 15) is 14.4 Å². The number of ether oxygens (including phenoxy) is 2. The Balaban J connectivity index is 2.25. The highest BCUT2D eigenvalue weighted by Crippen LogP contribution is 2.28. The van der Waals surface area contributed by atoms with Gasteiger partial charge in [-0.1, -0.05) is 6.07 Å². The standard InChI is InChI=1S/C16H19NO5/c1-10-5-11(8-21-9-18)6-12-7-17(14(19)13(10)12)15(20)22-16(2,3)4/h5-6,9H,7-8H2,1-4H3. The van der Waals surface area contributed by atoms with Crippen molar-refractivity contribution < 1.29 is 23.9 Å². The lowest BCUT2D eigenvalue weighted by Crippen LogP contribution is -2.37. The Morgan fingerprint density at radius 1 is 1.36 bits per heavy atom. The third-order valence-electron chi connectivity index (χ3n) is 3.20. The summed E-state index contributed by atoms with van der Waals surface area (Å²) in [6.45, 7) is 7.72. The second kappa shape index (κ2) is 5.79. The topological polar surface area (TPSA) is 72.9 Å². The molecule has 1 aliphatic heterocycles. The van der Waals surface area contributed by atoms with Gasteiger partial charge in [-0.2, -0.15) is 0 Å². The third kappa shape index (κ3) is 3.27. The van der Waals surface area contributed by atoms with Gasteiger partial charge in [-0.25, -0.2) is 9.69 Å². The first-order chi connectivity index (χ1) is 10.2. The number of benzene rings is 1. The molecule has 0 N–H and O–H groups in total. The van der Waals surface area contributed by atoms with E-state index in [0.717, 1.165) is 21.6 Å². The maximum atomic E-state index is 12.4. The fraction of sp³-hybridized carbons (Fsp3) is 0.438. The van der Waals surface area contributed by atoms with E-state index in [1.54, 1.807) is 39.8 Å². The number of hydrogen-bond donors (Lipinski definition) is 0. The average molecular weight is 305 g/mol. The van der Waals surface area contributed by atoms with Crippen molar-refractivity contribution in [3.05, 3.63) is 34.4 Å². The van der Waals surface area contributed by atoms with Gasteiger partial charge in [-0.15, -0.1) is 0 Å². The number of carbonyl (C=O) groups is 3. The average Bonchev–Trinajstić information content (AvgIpc) is 2.72. The number of rotatable bonds is 3. The fourth-order valence-electron chi connectivity index (χ4n) is 2.43. The van der Waals surface area contributed by atoms with E-state index < -0.39 is 11.7 Å². The summed E-state index contributed by atoms with van der Waals surface area (Å²) in [7, 11) is 0. The van der Waals surface area contributed by atoms with Gasteiger partial charge in [0.1, 0.15) is 12.2 Å². The molecule has 0 saturated carbocycles. The molecule has 2 rings (SSSR count). The normalized spacial score (nSPS) is 13.8. The third-order valence-corrected chi connectivity index (χ3v) is 3.20. The predicted molar refractivity (Wildman–Crippen MR) is 78.1 cm³/mol. The van der Waals surface area contributed by atoms with Crippen molar-refractivity contribution >= 4 is 18.5 Å². The number of imide groups is 1. The van der Waals surface area contributed by atoms with Crippen LogP contribution >= 0.6 is 0 Å². The summed E-state index contributed by atoms with van der Waals surface area (Å²) in [5.74, 6) is -0.357. The molecule has 0 fully saturated rings. The summed E-state index contributed by atoms with van der Waals surface area (Å²) < 4.78 is 9.98. The van der Waals surface area contributed by atoms with Crippen LogP contribution in [0, 0.1) is 6.92 Å². The van der Waals surface area contributed by atoms with Crippen LogP contribution in [0.2, 0.25) is 0 Å². The fourth-order valence-corrected chi connectivity index (χ4v) is 2.43. The van der Waals surface area contributed by atoms with Crippen LogP contribution in [0.15, 0.2) is 12.1 Å². The molecule has 1 aromatic carbocycles. The Bertz CT molecular complexity index is 630. The van der Waals surface area contributed by atoms with Crippen LogP contribution in [0.3, 0.4) is 0 Å². The SMILES string of the molecule is Cc1cc(COC=O)cc2c1C(=O)N(C(=O)OC(C)(C)C)C2. The van der Waals surface area contributed by atoms with E-state index in [1.165, 1.54) is 0 Å². The second-order valence-corrected chi connectivity index (χ2v) is 6.23. The van der Waals surface area contributed by atoms with Crippen molar-refractivity contribution in [2.24, 2.45) is 0 Å². The van der Waals surface area contributed by atoms with Gasteiger partial charge in [0.15, 0.2) is 0 Å². The minimum atomic E-state index is -0.663. The molecule has 1 aliphatic rings. The number of hydrogen-bond acceptors (Lipinski definition) is 5. The van der Waals surface area contributed by atoms with Gasteiger partial charge in [0.2, 0.25) is 0 Å². The molecule has 22 heavy (non-hydrogen) atoms. The summed E-state index contributed by atoms with van der Waals surface area (Å²) in [6, 6.07) is 3.55. The monoisotopic (exact) mass is 305 g/mol. The lowest BCUT2D eigenvalue weighted by molar-refractivity contribution is -0.129. The zero-order chi connectivity index (χ0) is 16.5. The lowest BCUT2D eigenvalue weighted by atomic mass is 10.0. The van der Waals surface area contributed by atoms with Gasteiger partial charge in [0.05, 0.1) is 6.54 Å². The molecule has 6 nitrogen and oxygen atoms in total. The van der Waals surface area contributed by atoms with Gasteiger partial charge in [0.25, 0.3) is 12.4 Å². The van der Waals surface area contributed by atoms with Crippen molar-refractivity contribution in [2.45, 2.75) is 46.4 Å². The molecule has 1 heterocycles. The minimum Gasteiger partial charge on any atom is -0.463 e. The Morgan fingerprint density at radius 2 is 2.05 bits per heavy atom. The van der Waals surface area contributed by atoms with Crippen LogP contribution in [-0.2, 0) is 27.4 Å². The van der Waals surface area contributed by atoms with E-state index in [4.69, 9.17) is 9.47 Å². The smallest absolute Gasteiger partial charge is 0.417 e. The van der Waals surface area contributed by atoms with Crippen LogP contribution < -0.4 is 0 Å². The second-order valence-electron chi connectivity index (χ2n) is 6.23. The lowest BCUT2D eigenvalue weighted by Gasteiger charge is -2.23. The summed E-state index contributed by atoms with van der Waals surface area (Å²) in [4.78, 5) is 35.9. The molecule has 0 aliphatic carbocycles. The molecular formula is C16H19NO5. The van der Waals surface area contributed by atoms with Crippen molar-refractivity contribution in [2.75, 3.05) is 0 Å². The van der Waals surface area contributed by atoms with Crippen LogP contribution in [0.1, 0.15) is 47.8 Å². The first kappa shape index (κ1) is 16.0. The first-order valence-corrected chi connectivity index (χ1v) is 6.95. The number of nitrogens with zero attached hydrogens (tertiary/aromatic N) is 1. The largest absolute Gasteiger partial charge is 0.463 e. The van der Waals surface area contributed by atoms with E-state index in [-0.39, 0.29) is 19.1 Å². The van der Waals surface area contributed by atoms with Crippen molar-refractivity contribution in [3.63, 3.8) is 0 Å². The van der Waals surface area contributed by atoms with E-state index in [1.807, 2.05) is 0 Å². The quantitative estimate of drug-likeness (QED) is 0.802. The first-order valence-electron chi connectivity index (χ1n) is 6.95. The number of amides is 2. The van der Waals surface area contributed by atoms with Gasteiger partial charge in [-0.05, 0) is 50.5 Å². The molecule has 0 unspecified atom stereocenters. The maximum absolute atomic E-state index is 12.4. The Hall–Kier alpha value is -2.37. The molecule has 6 heteroatoms. The van der Waals surface area contributed by atoms with Crippen LogP contribution in [0.5, 0.6) is 0 Å². The van der Waals surface area contributed by atoms with E-state index >= 15 is 0 Å².